The summed E-state index contributed by atoms with van der Waals surface area (Å²) in [5.41, 5.74) is -0.963. The van der Waals surface area contributed by atoms with E-state index < -0.39 is 34.2 Å². The molecule has 0 atom stereocenters. The molecule has 0 radical (unpaired) electrons. The van der Waals surface area contributed by atoms with Crippen molar-refractivity contribution >= 4 is 15.8 Å². The van der Waals surface area contributed by atoms with Gasteiger partial charge in [-0.15, -0.1) is 0 Å². The molecule has 0 spiro atoms. The van der Waals surface area contributed by atoms with Gasteiger partial charge in [-0.3, -0.25) is 9.78 Å². The first-order valence-corrected chi connectivity index (χ1v) is 11.0. The zero-order valence-electron chi connectivity index (χ0n) is 16.5. The number of benzene rings is 1. The number of pyridine rings is 1. The van der Waals surface area contributed by atoms with Crippen LogP contribution in [0.3, 0.4) is 0 Å². The lowest BCUT2D eigenvalue weighted by Gasteiger charge is -2.12. The number of rotatable bonds is 6. The number of aromatic nitrogens is 3. The molecule has 0 unspecified atom stereocenters. The Balaban J connectivity index is 2.27. The lowest BCUT2D eigenvalue weighted by atomic mass is 9.99. The summed E-state index contributed by atoms with van der Waals surface area (Å²) in [5.74, 6) is -0.865. The quantitative estimate of drug-likeness (QED) is 0.530. The number of hydrogen-bond donors (Lipinski definition) is 0. The van der Waals surface area contributed by atoms with Crippen molar-refractivity contribution in [2.75, 3.05) is 12.9 Å². The minimum atomic E-state index is -4.83. The van der Waals surface area contributed by atoms with Gasteiger partial charge in [-0.2, -0.15) is 18.3 Å². The second-order valence-electron chi connectivity index (χ2n) is 6.57. The van der Waals surface area contributed by atoms with Gasteiger partial charge in [0, 0.05) is 29.8 Å². The lowest BCUT2D eigenvalue weighted by molar-refractivity contribution is -0.149. The second-order valence-corrected chi connectivity index (χ2v) is 8.58. The summed E-state index contributed by atoms with van der Waals surface area (Å²) in [7, 11) is -3.49. The number of nitrogens with zero attached hydrogens (tertiary/aromatic N) is 3. The SMILES string of the molecule is CCOC(=O)Cn1nc(-c2ccc(S(C)(=O)=O)cc2)c(-c2ccncc2)c1C(F)(F)F. The molecule has 0 saturated heterocycles. The van der Waals surface area contributed by atoms with E-state index in [-0.39, 0.29) is 33.9 Å². The summed E-state index contributed by atoms with van der Waals surface area (Å²) in [4.78, 5) is 15.8. The molecule has 0 aliphatic rings. The smallest absolute Gasteiger partial charge is 0.433 e. The third kappa shape index (κ3) is 4.93. The maximum atomic E-state index is 14.1. The van der Waals surface area contributed by atoms with Crippen LogP contribution in [-0.4, -0.2) is 42.0 Å². The Morgan fingerprint density at radius 1 is 1.06 bits per heavy atom. The van der Waals surface area contributed by atoms with Crippen molar-refractivity contribution < 1.29 is 31.1 Å². The van der Waals surface area contributed by atoms with Crippen LogP contribution in [0, 0.1) is 0 Å². The van der Waals surface area contributed by atoms with E-state index >= 15 is 0 Å². The van der Waals surface area contributed by atoms with Gasteiger partial charge in [0.25, 0.3) is 0 Å². The zero-order chi connectivity index (χ0) is 22.8. The summed E-state index contributed by atoms with van der Waals surface area (Å²) in [6, 6.07) is 8.12. The van der Waals surface area contributed by atoms with Crippen LogP contribution in [-0.2, 0) is 32.1 Å². The van der Waals surface area contributed by atoms with E-state index in [1.54, 1.807) is 6.92 Å². The van der Waals surface area contributed by atoms with Gasteiger partial charge in [0.05, 0.1) is 11.5 Å². The summed E-state index contributed by atoms with van der Waals surface area (Å²) >= 11 is 0. The molecule has 0 fully saturated rings. The number of hydrogen-bond acceptors (Lipinski definition) is 6. The van der Waals surface area contributed by atoms with E-state index in [1.807, 2.05) is 0 Å². The number of esters is 1. The van der Waals surface area contributed by atoms with Gasteiger partial charge in [0.15, 0.2) is 15.5 Å². The molecule has 0 amide bonds. The maximum Gasteiger partial charge on any atom is 0.433 e. The van der Waals surface area contributed by atoms with Crippen molar-refractivity contribution in [1.29, 1.82) is 0 Å². The first kappa shape index (κ1) is 22.5. The average molecular weight is 453 g/mol. The molecule has 11 heteroatoms. The monoisotopic (exact) mass is 453 g/mol. The number of carbonyl (C=O) groups is 1. The highest BCUT2D eigenvalue weighted by Crippen LogP contribution is 2.42. The fourth-order valence-electron chi connectivity index (χ4n) is 3.05. The average Bonchev–Trinajstić information content (AvgIpc) is 3.07. The van der Waals surface area contributed by atoms with Gasteiger partial charge in [0.1, 0.15) is 12.2 Å². The standard InChI is InChI=1S/C20H18F3N3O4S/c1-3-30-16(27)12-26-19(20(21,22)23)17(13-8-10-24-11-9-13)18(25-26)14-4-6-15(7-5-14)31(2,28)29/h4-11H,3,12H2,1-2H3. The van der Waals surface area contributed by atoms with Crippen molar-refractivity contribution in [3.8, 4) is 22.4 Å². The van der Waals surface area contributed by atoms with E-state index in [1.165, 1.54) is 48.8 Å². The minimum Gasteiger partial charge on any atom is -0.465 e. The summed E-state index contributed by atoms with van der Waals surface area (Å²) < 4.78 is 71.0. The fraction of sp³-hybridized carbons (Fsp3) is 0.250. The molecular weight excluding hydrogens is 435 g/mol. The topological polar surface area (TPSA) is 91.2 Å². The zero-order valence-corrected chi connectivity index (χ0v) is 17.4. The van der Waals surface area contributed by atoms with Crippen LogP contribution in [0.1, 0.15) is 12.6 Å². The number of sulfone groups is 1. The third-order valence-electron chi connectivity index (χ3n) is 4.33. The molecule has 164 valence electrons. The predicted octanol–water partition coefficient (Wildman–Crippen LogP) is 3.60. The van der Waals surface area contributed by atoms with Crippen LogP contribution in [0.5, 0.6) is 0 Å². The van der Waals surface area contributed by atoms with Crippen molar-refractivity contribution in [2.24, 2.45) is 0 Å². The Morgan fingerprint density at radius 3 is 2.19 bits per heavy atom. The van der Waals surface area contributed by atoms with Crippen LogP contribution >= 0.6 is 0 Å². The van der Waals surface area contributed by atoms with E-state index in [4.69, 9.17) is 4.74 Å². The number of halogens is 3. The molecule has 2 heterocycles. The first-order valence-electron chi connectivity index (χ1n) is 9.07. The van der Waals surface area contributed by atoms with Gasteiger partial charge >= 0.3 is 12.1 Å². The Bertz CT molecular complexity index is 1190. The fourth-order valence-corrected chi connectivity index (χ4v) is 3.68. The molecule has 31 heavy (non-hydrogen) atoms. The molecule has 7 nitrogen and oxygen atoms in total. The number of alkyl halides is 3. The number of ether oxygens (including phenoxy) is 1. The Labute approximate surface area is 176 Å². The van der Waals surface area contributed by atoms with Gasteiger partial charge in [-0.1, -0.05) is 12.1 Å². The first-order chi connectivity index (χ1) is 14.5. The van der Waals surface area contributed by atoms with Crippen molar-refractivity contribution in [1.82, 2.24) is 14.8 Å². The van der Waals surface area contributed by atoms with E-state index in [0.717, 1.165) is 6.26 Å². The molecule has 0 aliphatic heterocycles. The van der Waals surface area contributed by atoms with Crippen molar-refractivity contribution in [3.05, 3.63) is 54.5 Å². The van der Waals surface area contributed by atoms with Crippen LogP contribution in [0.4, 0.5) is 13.2 Å². The molecule has 2 aromatic heterocycles. The number of carbonyl (C=O) groups excluding carboxylic acids is 1. The molecule has 0 bridgehead atoms. The molecule has 0 saturated carbocycles. The highest BCUT2D eigenvalue weighted by Gasteiger charge is 2.41. The van der Waals surface area contributed by atoms with E-state index in [9.17, 15) is 26.4 Å². The second kappa shape index (κ2) is 8.50. The summed E-state index contributed by atoms with van der Waals surface area (Å²) in [6.45, 7) is 0.823. The van der Waals surface area contributed by atoms with Crippen LogP contribution in [0.15, 0.2) is 53.7 Å². The highest BCUT2D eigenvalue weighted by atomic mass is 32.2. The van der Waals surface area contributed by atoms with Gasteiger partial charge < -0.3 is 4.74 Å². The molecule has 0 aliphatic carbocycles. The Kier molecular flexibility index (Phi) is 6.16. The molecular formula is C20H18F3N3O4S. The van der Waals surface area contributed by atoms with Crippen LogP contribution in [0.25, 0.3) is 22.4 Å². The summed E-state index contributed by atoms with van der Waals surface area (Å²) in [5, 5.41) is 4.06. The van der Waals surface area contributed by atoms with Gasteiger partial charge in [-0.05, 0) is 36.8 Å². The predicted molar refractivity (Wildman–Crippen MR) is 106 cm³/mol. The molecule has 3 aromatic rings. The van der Waals surface area contributed by atoms with Gasteiger partial charge in [-0.25, -0.2) is 13.1 Å². The Morgan fingerprint density at radius 2 is 1.68 bits per heavy atom. The minimum absolute atomic E-state index is 0.0124. The maximum absolute atomic E-state index is 14.1. The van der Waals surface area contributed by atoms with Gasteiger partial charge in [0.2, 0.25) is 0 Å². The molecule has 0 N–H and O–H groups in total. The van der Waals surface area contributed by atoms with Crippen LogP contribution in [0.2, 0.25) is 0 Å². The normalized spacial score (nSPS) is 12.0. The van der Waals surface area contributed by atoms with Crippen molar-refractivity contribution in [2.45, 2.75) is 24.5 Å². The summed E-state index contributed by atoms with van der Waals surface area (Å²) in [6.07, 6.45) is -1.12. The Hall–Kier alpha value is -3.21. The largest absolute Gasteiger partial charge is 0.465 e. The lowest BCUT2D eigenvalue weighted by Crippen LogP contribution is -2.21. The van der Waals surface area contributed by atoms with Crippen molar-refractivity contribution in [3.63, 3.8) is 0 Å². The van der Waals surface area contributed by atoms with E-state index in [2.05, 4.69) is 10.1 Å². The molecule has 1 aromatic carbocycles. The third-order valence-corrected chi connectivity index (χ3v) is 5.46. The molecule has 3 rings (SSSR count). The van der Waals surface area contributed by atoms with Crippen LogP contribution < -0.4 is 0 Å². The highest BCUT2D eigenvalue weighted by molar-refractivity contribution is 7.90. The van der Waals surface area contributed by atoms with E-state index in [0.29, 0.717) is 4.68 Å².